The standard InChI is InChI=1S/C6H10BrN3O/c1-6(2,11)4-5(7)8-9-10(4)3/h11H,1-3H3. The van der Waals surface area contributed by atoms with Crippen LogP contribution in [0.4, 0.5) is 0 Å². The molecular formula is C6H10BrN3O. The van der Waals surface area contributed by atoms with Gasteiger partial charge in [0.15, 0.2) is 4.60 Å². The SMILES string of the molecule is Cn1nnc(Br)c1C(C)(C)O. The Hall–Kier alpha value is -0.420. The van der Waals surface area contributed by atoms with Crippen LogP contribution >= 0.6 is 15.9 Å². The van der Waals surface area contributed by atoms with Crippen molar-refractivity contribution in [3.8, 4) is 0 Å². The second kappa shape index (κ2) is 2.57. The second-order valence-electron chi connectivity index (χ2n) is 2.91. The molecule has 0 bridgehead atoms. The molecular weight excluding hydrogens is 210 g/mol. The van der Waals surface area contributed by atoms with Crippen LogP contribution in [0.25, 0.3) is 0 Å². The van der Waals surface area contributed by atoms with Crippen molar-refractivity contribution >= 4 is 15.9 Å². The van der Waals surface area contributed by atoms with Gasteiger partial charge in [-0.05, 0) is 29.8 Å². The molecule has 0 unspecified atom stereocenters. The molecule has 0 aliphatic carbocycles. The molecule has 5 heteroatoms. The smallest absolute Gasteiger partial charge is 0.154 e. The van der Waals surface area contributed by atoms with Crippen molar-refractivity contribution in [2.45, 2.75) is 19.4 Å². The van der Waals surface area contributed by atoms with Gasteiger partial charge in [0.1, 0.15) is 11.3 Å². The first-order valence-corrected chi connectivity index (χ1v) is 4.00. The molecule has 1 heterocycles. The number of aliphatic hydroxyl groups is 1. The number of nitrogens with zero attached hydrogens (tertiary/aromatic N) is 3. The summed E-state index contributed by atoms with van der Waals surface area (Å²) in [6.45, 7) is 3.38. The lowest BCUT2D eigenvalue weighted by atomic mass is 10.1. The molecule has 0 saturated heterocycles. The first kappa shape index (κ1) is 8.67. The third-order valence-corrected chi connectivity index (χ3v) is 1.90. The zero-order chi connectivity index (χ0) is 8.65. The number of hydrogen-bond donors (Lipinski definition) is 1. The molecule has 0 atom stereocenters. The lowest BCUT2D eigenvalue weighted by Crippen LogP contribution is -2.20. The Kier molecular flexibility index (Phi) is 2.02. The van der Waals surface area contributed by atoms with Crippen LogP contribution in [0.2, 0.25) is 0 Å². The summed E-state index contributed by atoms with van der Waals surface area (Å²) in [4.78, 5) is 0. The zero-order valence-corrected chi connectivity index (χ0v) is 8.25. The molecule has 0 amide bonds. The Morgan fingerprint density at radius 3 is 2.27 bits per heavy atom. The molecule has 1 rings (SSSR count). The van der Waals surface area contributed by atoms with Crippen molar-refractivity contribution in [3.63, 3.8) is 0 Å². The quantitative estimate of drug-likeness (QED) is 0.761. The van der Waals surface area contributed by atoms with E-state index in [1.807, 2.05) is 0 Å². The predicted octanol–water partition coefficient (Wildman–Crippen LogP) is 0.805. The zero-order valence-electron chi connectivity index (χ0n) is 6.67. The van der Waals surface area contributed by atoms with Crippen molar-refractivity contribution in [2.24, 2.45) is 7.05 Å². The van der Waals surface area contributed by atoms with E-state index in [9.17, 15) is 5.11 Å². The maximum absolute atomic E-state index is 9.61. The third kappa shape index (κ3) is 1.59. The topological polar surface area (TPSA) is 50.9 Å². The van der Waals surface area contributed by atoms with Gasteiger partial charge in [-0.3, -0.25) is 0 Å². The van der Waals surface area contributed by atoms with Crippen molar-refractivity contribution in [3.05, 3.63) is 10.3 Å². The van der Waals surface area contributed by atoms with Gasteiger partial charge < -0.3 is 5.11 Å². The summed E-state index contributed by atoms with van der Waals surface area (Å²) in [6, 6.07) is 0. The summed E-state index contributed by atoms with van der Waals surface area (Å²) in [7, 11) is 1.74. The first-order valence-electron chi connectivity index (χ1n) is 3.21. The van der Waals surface area contributed by atoms with Crippen LogP contribution in [0, 0.1) is 0 Å². The molecule has 0 aromatic carbocycles. The number of hydrogen-bond acceptors (Lipinski definition) is 3. The van der Waals surface area contributed by atoms with Crippen LogP contribution in [0.3, 0.4) is 0 Å². The molecule has 11 heavy (non-hydrogen) atoms. The van der Waals surface area contributed by atoms with E-state index in [0.29, 0.717) is 10.3 Å². The van der Waals surface area contributed by atoms with Gasteiger partial charge in [-0.15, -0.1) is 5.10 Å². The van der Waals surface area contributed by atoms with Crippen molar-refractivity contribution in [1.82, 2.24) is 15.0 Å². The van der Waals surface area contributed by atoms with Gasteiger partial charge >= 0.3 is 0 Å². The minimum absolute atomic E-state index is 0.590. The average Bonchev–Trinajstić information content (AvgIpc) is 2.08. The van der Waals surface area contributed by atoms with Crippen LogP contribution in [0.1, 0.15) is 19.5 Å². The maximum Gasteiger partial charge on any atom is 0.154 e. The molecule has 0 fully saturated rings. The number of aryl methyl sites for hydroxylation is 1. The molecule has 62 valence electrons. The molecule has 0 spiro atoms. The summed E-state index contributed by atoms with van der Waals surface area (Å²) in [5, 5.41) is 17.1. The summed E-state index contributed by atoms with van der Waals surface area (Å²) < 4.78 is 2.14. The normalized spacial score (nSPS) is 12.1. The number of halogens is 1. The summed E-state index contributed by atoms with van der Waals surface area (Å²) in [6.07, 6.45) is 0. The van der Waals surface area contributed by atoms with E-state index in [4.69, 9.17) is 0 Å². The molecule has 0 aliphatic rings. The van der Waals surface area contributed by atoms with Gasteiger partial charge in [0.05, 0.1) is 0 Å². The summed E-state index contributed by atoms with van der Waals surface area (Å²) >= 11 is 3.20. The summed E-state index contributed by atoms with van der Waals surface area (Å²) in [5.74, 6) is 0. The molecule has 0 aliphatic heterocycles. The minimum Gasteiger partial charge on any atom is -0.384 e. The largest absolute Gasteiger partial charge is 0.384 e. The molecule has 1 N–H and O–H groups in total. The lowest BCUT2D eigenvalue weighted by Gasteiger charge is -2.16. The first-order chi connectivity index (χ1) is 4.93. The molecule has 0 saturated carbocycles. The fraction of sp³-hybridized carbons (Fsp3) is 0.667. The van der Waals surface area contributed by atoms with E-state index in [2.05, 4.69) is 26.2 Å². The van der Waals surface area contributed by atoms with Crippen LogP contribution in [0.5, 0.6) is 0 Å². The van der Waals surface area contributed by atoms with Gasteiger partial charge in [-0.2, -0.15) is 0 Å². The highest BCUT2D eigenvalue weighted by atomic mass is 79.9. The van der Waals surface area contributed by atoms with Crippen molar-refractivity contribution < 1.29 is 5.11 Å². The highest BCUT2D eigenvalue weighted by molar-refractivity contribution is 9.10. The molecule has 4 nitrogen and oxygen atoms in total. The van der Waals surface area contributed by atoms with Crippen LogP contribution in [-0.4, -0.2) is 20.1 Å². The molecule has 1 aromatic rings. The minimum atomic E-state index is -0.906. The summed E-state index contributed by atoms with van der Waals surface area (Å²) in [5.41, 5.74) is -0.227. The van der Waals surface area contributed by atoms with Crippen molar-refractivity contribution in [1.29, 1.82) is 0 Å². The monoisotopic (exact) mass is 219 g/mol. The highest BCUT2D eigenvalue weighted by Crippen LogP contribution is 2.24. The van der Waals surface area contributed by atoms with E-state index >= 15 is 0 Å². The average molecular weight is 220 g/mol. The fourth-order valence-electron chi connectivity index (χ4n) is 0.980. The van der Waals surface area contributed by atoms with Crippen molar-refractivity contribution in [2.75, 3.05) is 0 Å². The van der Waals surface area contributed by atoms with E-state index in [-0.39, 0.29) is 0 Å². The Labute approximate surface area is 73.3 Å². The van der Waals surface area contributed by atoms with E-state index in [1.165, 1.54) is 0 Å². The van der Waals surface area contributed by atoms with Gasteiger partial charge in [0.25, 0.3) is 0 Å². The van der Waals surface area contributed by atoms with Gasteiger partial charge in [-0.1, -0.05) is 5.21 Å². The lowest BCUT2D eigenvalue weighted by molar-refractivity contribution is 0.0688. The molecule has 1 aromatic heterocycles. The second-order valence-corrected chi connectivity index (χ2v) is 3.66. The van der Waals surface area contributed by atoms with Crippen LogP contribution < -0.4 is 0 Å². The van der Waals surface area contributed by atoms with Crippen LogP contribution in [-0.2, 0) is 12.6 Å². The van der Waals surface area contributed by atoms with Gasteiger partial charge in [0, 0.05) is 7.05 Å². The van der Waals surface area contributed by atoms with Crippen LogP contribution in [0.15, 0.2) is 4.60 Å². The Morgan fingerprint density at radius 2 is 2.09 bits per heavy atom. The Morgan fingerprint density at radius 1 is 1.55 bits per heavy atom. The molecule has 0 radical (unpaired) electrons. The fourth-order valence-corrected chi connectivity index (χ4v) is 1.79. The number of aromatic nitrogens is 3. The highest BCUT2D eigenvalue weighted by Gasteiger charge is 2.24. The third-order valence-electron chi connectivity index (χ3n) is 1.37. The maximum atomic E-state index is 9.61. The number of rotatable bonds is 1. The Bertz CT molecular complexity index is 244. The van der Waals surface area contributed by atoms with Gasteiger partial charge in [0.2, 0.25) is 0 Å². The van der Waals surface area contributed by atoms with Gasteiger partial charge in [-0.25, -0.2) is 4.68 Å². The predicted molar refractivity (Wildman–Crippen MR) is 43.9 cm³/mol. The Balaban J connectivity index is 3.21. The van der Waals surface area contributed by atoms with E-state index < -0.39 is 5.60 Å². The van der Waals surface area contributed by atoms with E-state index in [0.717, 1.165) is 0 Å². The van der Waals surface area contributed by atoms with E-state index in [1.54, 1.807) is 25.6 Å².